The van der Waals surface area contributed by atoms with Gasteiger partial charge in [0.2, 0.25) is 0 Å². The van der Waals surface area contributed by atoms with Crippen LogP contribution < -0.4 is 4.74 Å². The molecule has 1 saturated heterocycles. The van der Waals surface area contributed by atoms with Crippen LogP contribution in [0.25, 0.3) is 0 Å². The van der Waals surface area contributed by atoms with Crippen LogP contribution in [0.4, 0.5) is 0 Å². The van der Waals surface area contributed by atoms with Crippen molar-refractivity contribution in [3.8, 4) is 5.75 Å². The Bertz CT molecular complexity index is 799. The van der Waals surface area contributed by atoms with E-state index in [0.717, 1.165) is 41.8 Å². The van der Waals surface area contributed by atoms with Crippen LogP contribution in [0.2, 0.25) is 0 Å². The van der Waals surface area contributed by atoms with Gasteiger partial charge in [0.1, 0.15) is 11.0 Å². The molecular weight excluding hydrogens is 360 g/mol. The zero-order valence-corrected chi connectivity index (χ0v) is 16.7. The number of nitrogens with zero attached hydrogens (tertiary/aromatic N) is 4. The summed E-state index contributed by atoms with van der Waals surface area (Å²) < 4.78 is 7.10. The van der Waals surface area contributed by atoms with E-state index in [-0.39, 0.29) is 17.2 Å². The minimum Gasteiger partial charge on any atom is -0.494 e. The molecule has 0 radical (unpaired) electrons. The highest BCUT2D eigenvalue weighted by atomic mass is 32.2. The van der Waals surface area contributed by atoms with E-state index in [1.807, 2.05) is 26.0 Å². The molecule has 0 bridgehead atoms. The summed E-state index contributed by atoms with van der Waals surface area (Å²) in [5.41, 5.74) is 1.16. The maximum atomic E-state index is 13.1. The van der Waals surface area contributed by atoms with Crippen molar-refractivity contribution in [3.05, 3.63) is 35.7 Å². The first kappa shape index (κ1) is 18.5. The predicted octanol–water partition coefficient (Wildman–Crippen LogP) is 3.58. The Labute approximate surface area is 164 Å². The first-order valence-corrected chi connectivity index (χ1v) is 10.7. The van der Waals surface area contributed by atoms with E-state index in [0.29, 0.717) is 6.61 Å². The molecule has 2 atom stereocenters. The van der Waals surface area contributed by atoms with Crippen molar-refractivity contribution in [1.29, 1.82) is 0 Å². The van der Waals surface area contributed by atoms with Crippen molar-refractivity contribution in [1.82, 2.24) is 19.7 Å². The second-order valence-corrected chi connectivity index (χ2v) is 8.10. The molecule has 2 aliphatic heterocycles. The molecule has 144 valence electrons. The number of fused-ring (bicyclic) bond motifs is 1. The topological polar surface area (TPSA) is 60.3 Å². The number of aromatic nitrogens is 3. The highest BCUT2D eigenvalue weighted by Crippen LogP contribution is 2.42. The molecule has 0 N–H and O–H groups in total. The maximum absolute atomic E-state index is 13.1. The highest BCUT2D eigenvalue weighted by Gasteiger charge is 2.43. The third-order valence-corrected chi connectivity index (χ3v) is 6.41. The van der Waals surface area contributed by atoms with Gasteiger partial charge in [-0.1, -0.05) is 37.2 Å². The zero-order chi connectivity index (χ0) is 18.8. The summed E-state index contributed by atoms with van der Waals surface area (Å²) in [4.78, 5) is 20.1. The Balaban J connectivity index is 1.64. The molecule has 2 unspecified atom stereocenters. The number of aryl methyl sites for hydroxylation is 1. The van der Waals surface area contributed by atoms with Gasteiger partial charge in [-0.3, -0.25) is 9.69 Å². The molecule has 0 amide bonds. The van der Waals surface area contributed by atoms with Crippen LogP contribution in [0.15, 0.2) is 29.4 Å². The Morgan fingerprint density at radius 3 is 2.56 bits per heavy atom. The Kier molecular flexibility index (Phi) is 5.50. The van der Waals surface area contributed by atoms with Crippen molar-refractivity contribution < 1.29 is 9.53 Å². The van der Waals surface area contributed by atoms with E-state index in [1.54, 1.807) is 11.8 Å². The van der Waals surface area contributed by atoms with Gasteiger partial charge < -0.3 is 4.74 Å². The third kappa shape index (κ3) is 3.62. The van der Waals surface area contributed by atoms with E-state index < -0.39 is 0 Å². The Hall–Kier alpha value is -1.86. The maximum Gasteiger partial charge on any atom is 0.264 e. The summed E-state index contributed by atoms with van der Waals surface area (Å²) in [6.07, 6.45) is 4.37. The van der Waals surface area contributed by atoms with Gasteiger partial charge in [0.05, 0.1) is 12.6 Å². The lowest BCUT2D eigenvalue weighted by Gasteiger charge is -2.37. The van der Waals surface area contributed by atoms with Gasteiger partial charge in [-0.05, 0) is 50.6 Å². The Morgan fingerprint density at radius 2 is 1.93 bits per heavy atom. The Morgan fingerprint density at radius 1 is 1.19 bits per heavy atom. The molecule has 6 nitrogen and oxygen atoms in total. The van der Waals surface area contributed by atoms with Gasteiger partial charge in [0.15, 0.2) is 11.0 Å². The van der Waals surface area contributed by atoms with Gasteiger partial charge in [-0.25, -0.2) is 4.98 Å². The number of hydrogen-bond acceptors (Lipinski definition) is 6. The van der Waals surface area contributed by atoms with Gasteiger partial charge in [-0.15, -0.1) is 5.10 Å². The molecule has 2 aliphatic rings. The molecule has 2 aromatic rings. The summed E-state index contributed by atoms with van der Waals surface area (Å²) in [6.45, 7) is 6.69. The number of hydrogen-bond donors (Lipinski definition) is 0. The summed E-state index contributed by atoms with van der Waals surface area (Å²) in [7, 11) is 0. The fourth-order valence-corrected chi connectivity index (χ4v) is 5.17. The molecule has 0 aliphatic carbocycles. The number of rotatable bonds is 6. The van der Waals surface area contributed by atoms with Crippen LogP contribution in [0.3, 0.4) is 0 Å². The number of carbonyl (C=O) groups is 1. The van der Waals surface area contributed by atoms with Gasteiger partial charge in [0.25, 0.3) is 5.91 Å². The molecule has 0 saturated carbocycles. The van der Waals surface area contributed by atoms with Crippen molar-refractivity contribution in [3.63, 3.8) is 0 Å². The van der Waals surface area contributed by atoms with E-state index in [4.69, 9.17) is 4.74 Å². The van der Waals surface area contributed by atoms with Crippen LogP contribution in [-0.2, 0) is 6.42 Å². The normalized spacial score (nSPS) is 21.3. The molecule has 27 heavy (non-hydrogen) atoms. The van der Waals surface area contributed by atoms with Crippen molar-refractivity contribution in [2.24, 2.45) is 0 Å². The van der Waals surface area contributed by atoms with Crippen LogP contribution in [-0.4, -0.2) is 50.5 Å². The molecule has 0 spiro atoms. The molecule has 4 rings (SSSR count). The summed E-state index contributed by atoms with van der Waals surface area (Å²) in [5, 5.41) is 4.92. The lowest BCUT2D eigenvalue weighted by molar-refractivity contribution is 0.0818. The summed E-state index contributed by atoms with van der Waals surface area (Å²) in [6, 6.07) is 8.25. The summed E-state index contributed by atoms with van der Waals surface area (Å²) in [5.74, 6) is 1.65. The average molecular weight is 387 g/mol. The molecule has 3 heterocycles. The molecular formula is C20H26N4O2S. The molecule has 1 aromatic carbocycles. The second-order valence-electron chi connectivity index (χ2n) is 7.00. The number of likely N-dealkylation sites (tertiary alicyclic amines) is 1. The van der Waals surface area contributed by atoms with E-state index >= 15 is 0 Å². The fraction of sp³-hybridized carbons (Fsp3) is 0.550. The van der Waals surface area contributed by atoms with Crippen LogP contribution in [0, 0.1) is 0 Å². The van der Waals surface area contributed by atoms with Gasteiger partial charge in [0, 0.05) is 6.42 Å². The molecule has 1 aromatic heterocycles. The number of thioether (sulfide) groups is 1. The van der Waals surface area contributed by atoms with Crippen LogP contribution in [0.1, 0.15) is 55.3 Å². The monoisotopic (exact) mass is 386 g/mol. The number of piperidine rings is 1. The van der Waals surface area contributed by atoms with Crippen molar-refractivity contribution >= 4 is 17.7 Å². The lowest BCUT2D eigenvalue weighted by atomic mass is 9.98. The largest absolute Gasteiger partial charge is 0.494 e. The summed E-state index contributed by atoms with van der Waals surface area (Å²) >= 11 is 1.56. The fourth-order valence-electron chi connectivity index (χ4n) is 3.89. The predicted molar refractivity (Wildman–Crippen MR) is 105 cm³/mol. The van der Waals surface area contributed by atoms with Crippen molar-refractivity contribution in [2.75, 3.05) is 19.7 Å². The van der Waals surface area contributed by atoms with Crippen LogP contribution >= 0.6 is 11.8 Å². The smallest absolute Gasteiger partial charge is 0.264 e. The average Bonchev–Trinajstić information content (AvgIpc) is 3.24. The van der Waals surface area contributed by atoms with Gasteiger partial charge in [-0.2, -0.15) is 4.68 Å². The van der Waals surface area contributed by atoms with Gasteiger partial charge >= 0.3 is 0 Å². The second kappa shape index (κ2) is 8.02. The zero-order valence-electron chi connectivity index (χ0n) is 15.9. The number of ether oxygens (including phenoxy) is 1. The number of carbonyl (C=O) groups excluding carboxylic acids is 1. The first-order valence-electron chi connectivity index (χ1n) is 9.85. The molecule has 1 fully saturated rings. The van der Waals surface area contributed by atoms with Crippen molar-refractivity contribution in [2.45, 2.75) is 56.0 Å². The van der Waals surface area contributed by atoms with E-state index in [2.05, 4.69) is 27.1 Å². The molecule has 7 heteroatoms. The quantitative estimate of drug-likeness (QED) is 0.756. The van der Waals surface area contributed by atoms with E-state index in [1.165, 1.54) is 23.9 Å². The lowest BCUT2D eigenvalue weighted by Crippen LogP contribution is -2.41. The third-order valence-electron chi connectivity index (χ3n) is 5.23. The minimum absolute atomic E-state index is 0.0343. The first-order chi connectivity index (χ1) is 13.2. The van der Waals surface area contributed by atoms with Crippen LogP contribution in [0.5, 0.6) is 5.75 Å². The number of benzene rings is 1. The standard InChI is InChI=1S/C20H26N4O2S/c1-3-16-21-20-24(22-16)19(25)18(27-20)17(23-12-6-5-7-13-23)14-8-10-15(11-9-14)26-4-2/h8-11,17-18H,3-7,12-13H2,1-2H3. The minimum atomic E-state index is -0.207. The SMILES string of the molecule is CCOc1ccc(C(C2Sc3nc(CC)nn3C2=O)N2CCCCC2)cc1. The highest BCUT2D eigenvalue weighted by molar-refractivity contribution is 8.00. The van der Waals surface area contributed by atoms with E-state index in [9.17, 15) is 4.79 Å².